The molecule has 3 aromatic heterocycles. The zero-order valence-corrected chi connectivity index (χ0v) is 17.5. The van der Waals surface area contributed by atoms with E-state index in [1.807, 2.05) is 22.8 Å². The van der Waals surface area contributed by atoms with E-state index in [9.17, 15) is 9.18 Å². The van der Waals surface area contributed by atoms with Crippen LogP contribution in [0.2, 0.25) is 0 Å². The van der Waals surface area contributed by atoms with Crippen LogP contribution in [0.3, 0.4) is 0 Å². The molecule has 31 heavy (non-hydrogen) atoms. The predicted molar refractivity (Wildman–Crippen MR) is 115 cm³/mol. The Balaban J connectivity index is 1.73. The van der Waals surface area contributed by atoms with Gasteiger partial charge in [0.25, 0.3) is 0 Å². The van der Waals surface area contributed by atoms with Crippen LogP contribution >= 0.6 is 0 Å². The maximum absolute atomic E-state index is 14.8. The van der Waals surface area contributed by atoms with Crippen LogP contribution in [-0.2, 0) is 23.1 Å². The standard InChI is InChI=1S/C23H23FN4O3/c1-27-20-11-25-19-8-5-14(17-7-6-15(12-30-2)26-22(17)24)10-18(19)21(20)28(23(27)29)16-4-3-9-31-13-16/h5-8,10-11,16H,3-4,9,12-13H2,1-2H3/t16-/m0/s1. The molecule has 4 aromatic rings. The molecule has 0 amide bonds. The first kappa shape index (κ1) is 19.8. The number of fused-ring (bicyclic) bond motifs is 3. The van der Waals surface area contributed by atoms with E-state index in [2.05, 4.69) is 9.97 Å². The smallest absolute Gasteiger partial charge is 0.329 e. The number of rotatable bonds is 4. The van der Waals surface area contributed by atoms with E-state index in [4.69, 9.17) is 9.47 Å². The molecule has 1 aliphatic rings. The lowest BCUT2D eigenvalue weighted by atomic mass is 10.0. The van der Waals surface area contributed by atoms with Crippen molar-refractivity contribution in [3.8, 4) is 11.1 Å². The summed E-state index contributed by atoms with van der Waals surface area (Å²) in [4.78, 5) is 21.6. The van der Waals surface area contributed by atoms with Gasteiger partial charge in [-0.25, -0.2) is 9.78 Å². The number of aromatic nitrogens is 4. The molecule has 0 unspecified atom stereocenters. The van der Waals surface area contributed by atoms with Crippen LogP contribution in [0.5, 0.6) is 0 Å². The number of pyridine rings is 2. The highest BCUT2D eigenvalue weighted by molar-refractivity contribution is 6.04. The van der Waals surface area contributed by atoms with E-state index in [1.54, 1.807) is 37.1 Å². The van der Waals surface area contributed by atoms with Gasteiger partial charge >= 0.3 is 5.69 Å². The van der Waals surface area contributed by atoms with E-state index in [-0.39, 0.29) is 18.3 Å². The zero-order valence-electron chi connectivity index (χ0n) is 17.5. The van der Waals surface area contributed by atoms with Gasteiger partial charge in [0.05, 0.1) is 47.7 Å². The van der Waals surface area contributed by atoms with Gasteiger partial charge in [-0.1, -0.05) is 6.07 Å². The maximum atomic E-state index is 14.8. The molecule has 8 heteroatoms. The number of aryl methyl sites for hydroxylation is 1. The lowest BCUT2D eigenvalue weighted by Gasteiger charge is -2.23. The summed E-state index contributed by atoms with van der Waals surface area (Å²) >= 11 is 0. The fourth-order valence-corrected chi connectivity index (χ4v) is 4.38. The van der Waals surface area contributed by atoms with Crippen molar-refractivity contribution >= 4 is 21.9 Å². The van der Waals surface area contributed by atoms with Gasteiger partial charge in [0.2, 0.25) is 5.95 Å². The van der Waals surface area contributed by atoms with Crippen LogP contribution in [0.1, 0.15) is 24.6 Å². The van der Waals surface area contributed by atoms with Crippen molar-refractivity contribution in [1.29, 1.82) is 0 Å². The van der Waals surface area contributed by atoms with E-state index < -0.39 is 5.95 Å². The fraction of sp³-hybridized carbons (Fsp3) is 0.348. The molecule has 0 N–H and O–H groups in total. The monoisotopic (exact) mass is 422 g/mol. The van der Waals surface area contributed by atoms with Crippen LogP contribution in [0.15, 0.2) is 41.3 Å². The van der Waals surface area contributed by atoms with Crippen molar-refractivity contribution in [3.63, 3.8) is 0 Å². The molecule has 160 valence electrons. The summed E-state index contributed by atoms with van der Waals surface area (Å²) in [5.74, 6) is -0.555. The summed E-state index contributed by atoms with van der Waals surface area (Å²) in [6.07, 6.45) is 3.51. The molecule has 0 aliphatic carbocycles. The molecule has 7 nitrogen and oxygen atoms in total. The Morgan fingerprint density at radius 1 is 1.29 bits per heavy atom. The number of imidazole rings is 1. The van der Waals surface area contributed by atoms with Gasteiger partial charge in [-0.05, 0) is 42.7 Å². The van der Waals surface area contributed by atoms with Crippen LogP contribution in [0.4, 0.5) is 4.39 Å². The highest BCUT2D eigenvalue weighted by Crippen LogP contribution is 2.32. The third-order valence-electron chi connectivity index (χ3n) is 5.93. The highest BCUT2D eigenvalue weighted by Gasteiger charge is 2.24. The number of benzene rings is 1. The summed E-state index contributed by atoms with van der Waals surface area (Å²) in [6.45, 7) is 1.47. The number of hydrogen-bond acceptors (Lipinski definition) is 5. The van der Waals surface area contributed by atoms with Crippen molar-refractivity contribution in [2.24, 2.45) is 7.05 Å². The van der Waals surface area contributed by atoms with Gasteiger partial charge in [0, 0.05) is 31.7 Å². The van der Waals surface area contributed by atoms with E-state index >= 15 is 0 Å². The first-order chi connectivity index (χ1) is 15.1. The fourth-order valence-electron chi connectivity index (χ4n) is 4.38. The highest BCUT2D eigenvalue weighted by atomic mass is 19.1. The van der Waals surface area contributed by atoms with Crippen molar-refractivity contribution in [1.82, 2.24) is 19.1 Å². The average molecular weight is 422 g/mol. The molecule has 4 heterocycles. The number of ether oxygens (including phenoxy) is 2. The van der Waals surface area contributed by atoms with Gasteiger partial charge in [0.1, 0.15) is 0 Å². The van der Waals surface area contributed by atoms with Crippen molar-refractivity contribution in [2.45, 2.75) is 25.5 Å². The molecule has 1 aliphatic heterocycles. The predicted octanol–water partition coefficient (Wildman–Crippen LogP) is 3.59. The van der Waals surface area contributed by atoms with Crippen LogP contribution in [-0.4, -0.2) is 39.4 Å². The number of methoxy groups -OCH3 is 1. The topological polar surface area (TPSA) is 71.2 Å². The summed E-state index contributed by atoms with van der Waals surface area (Å²) < 4.78 is 28.9. The Morgan fingerprint density at radius 3 is 2.90 bits per heavy atom. The first-order valence-corrected chi connectivity index (χ1v) is 10.3. The Hall–Kier alpha value is -3.10. The molecule has 1 fully saturated rings. The maximum Gasteiger partial charge on any atom is 0.329 e. The molecule has 5 rings (SSSR count). The first-order valence-electron chi connectivity index (χ1n) is 10.3. The quantitative estimate of drug-likeness (QED) is 0.470. The van der Waals surface area contributed by atoms with Crippen molar-refractivity contribution in [3.05, 3.63) is 58.7 Å². The summed E-state index contributed by atoms with van der Waals surface area (Å²) in [5, 5.41) is 0.804. The lowest BCUT2D eigenvalue weighted by Crippen LogP contribution is -2.31. The van der Waals surface area contributed by atoms with Crippen LogP contribution in [0.25, 0.3) is 33.1 Å². The summed E-state index contributed by atoms with van der Waals surface area (Å²) in [7, 11) is 3.30. The van der Waals surface area contributed by atoms with Gasteiger partial charge in [0.15, 0.2) is 0 Å². The number of halogens is 1. The molecule has 0 saturated carbocycles. The lowest BCUT2D eigenvalue weighted by molar-refractivity contribution is 0.0593. The van der Waals surface area contributed by atoms with Gasteiger partial charge < -0.3 is 9.47 Å². The van der Waals surface area contributed by atoms with Gasteiger partial charge in [-0.3, -0.25) is 14.1 Å². The SMILES string of the molecule is COCc1ccc(-c2ccc3ncc4c(c3c2)n([C@H]2CCCOC2)c(=O)n4C)c(F)n1. The Kier molecular flexibility index (Phi) is 5.03. The van der Waals surface area contributed by atoms with E-state index in [1.165, 1.54) is 0 Å². The van der Waals surface area contributed by atoms with Gasteiger partial charge in [-0.15, -0.1) is 0 Å². The second kappa shape index (κ2) is 7.86. The third kappa shape index (κ3) is 3.32. The van der Waals surface area contributed by atoms with Crippen molar-refractivity contribution in [2.75, 3.05) is 20.3 Å². The average Bonchev–Trinajstić information content (AvgIpc) is 3.05. The molecule has 1 aromatic carbocycles. The molecule has 0 spiro atoms. The van der Waals surface area contributed by atoms with Crippen molar-refractivity contribution < 1.29 is 13.9 Å². The summed E-state index contributed by atoms with van der Waals surface area (Å²) in [6, 6.07) is 8.99. The Labute approximate surface area is 178 Å². The second-order valence-electron chi connectivity index (χ2n) is 7.88. The minimum Gasteiger partial charge on any atom is -0.379 e. The molecule has 0 radical (unpaired) electrons. The van der Waals surface area contributed by atoms with Gasteiger partial charge in [-0.2, -0.15) is 4.39 Å². The minimum absolute atomic E-state index is 0.0362. The van der Waals surface area contributed by atoms with E-state index in [0.29, 0.717) is 30.0 Å². The molecular formula is C23H23FN4O3. The molecule has 1 atom stereocenters. The van der Waals surface area contributed by atoms with Crippen LogP contribution < -0.4 is 5.69 Å². The summed E-state index contributed by atoms with van der Waals surface area (Å²) in [5.41, 5.74) is 3.80. The number of hydrogen-bond donors (Lipinski definition) is 0. The number of nitrogens with zero attached hydrogens (tertiary/aromatic N) is 4. The third-order valence-corrected chi connectivity index (χ3v) is 5.93. The Morgan fingerprint density at radius 2 is 2.16 bits per heavy atom. The minimum atomic E-state index is -0.555. The largest absolute Gasteiger partial charge is 0.379 e. The molecule has 1 saturated heterocycles. The van der Waals surface area contributed by atoms with E-state index in [0.717, 1.165) is 34.8 Å². The van der Waals surface area contributed by atoms with Crippen LogP contribution in [0, 0.1) is 5.95 Å². The second-order valence-corrected chi connectivity index (χ2v) is 7.88. The zero-order chi connectivity index (χ0) is 21.5. The Bertz CT molecular complexity index is 1340. The molecule has 0 bridgehead atoms. The molecular weight excluding hydrogens is 399 g/mol. The normalized spacial score (nSPS) is 16.9.